The van der Waals surface area contributed by atoms with Crippen LogP contribution in [0.3, 0.4) is 0 Å². The number of hydrogen-bond acceptors (Lipinski definition) is 2. The first-order valence-electron chi connectivity index (χ1n) is 9.00. The molecule has 25 heavy (non-hydrogen) atoms. The third-order valence-corrected chi connectivity index (χ3v) is 5.18. The number of nitrogens with zero attached hydrogens (tertiary/aromatic N) is 1. The Hall–Kier alpha value is -2.68. The Morgan fingerprint density at radius 1 is 0.640 bits per heavy atom. The molecule has 0 radical (unpaired) electrons. The van der Waals surface area contributed by atoms with Crippen molar-refractivity contribution < 1.29 is 9.59 Å². The van der Waals surface area contributed by atoms with E-state index in [1.54, 1.807) is 0 Å². The van der Waals surface area contributed by atoms with Crippen molar-refractivity contribution in [1.29, 1.82) is 0 Å². The van der Waals surface area contributed by atoms with Gasteiger partial charge in [-0.25, -0.2) is 0 Å². The molecule has 0 bridgehead atoms. The van der Waals surface area contributed by atoms with Gasteiger partial charge in [-0.15, -0.1) is 0 Å². The van der Waals surface area contributed by atoms with Crippen LogP contribution in [-0.4, -0.2) is 22.8 Å². The minimum absolute atomic E-state index is 0.0358. The molecule has 2 amide bonds. The topological polar surface area (TPSA) is 37.4 Å². The molecule has 1 fully saturated rings. The molecule has 0 spiro atoms. The van der Waals surface area contributed by atoms with E-state index in [1.807, 2.05) is 60.7 Å². The van der Waals surface area contributed by atoms with Gasteiger partial charge in [-0.05, 0) is 24.0 Å². The van der Waals surface area contributed by atoms with Crippen LogP contribution in [0.2, 0.25) is 0 Å². The van der Waals surface area contributed by atoms with E-state index in [1.165, 1.54) is 11.3 Å². The first-order chi connectivity index (χ1) is 12.3. The number of carbonyl (C=O) groups is 2. The standard InChI is InChI=1S/C22H21NO2/c24-21-19(16-10-4-1-5-11-16)20(17-12-6-2-7-13-17)22(25)23(21)18-14-8-3-9-15-18/h1-2,4-7,10-13,18H,3,8-9,14-15H2. The zero-order valence-electron chi connectivity index (χ0n) is 14.2. The lowest BCUT2D eigenvalue weighted by atomic mass is 9.94. The number of imide groups is 1. The van der Waals surface area contributed by atoms with Crippen LogP contribution in [0.1, 0.15) is 43.2 Å². The molecular weight excluding hydrogens is 310 g/mol. The maximum absolute atomic E-state index is 13.2. The maximum Gasteiger partial charge on any atom is 0.262 e. The van der Waals surface area contributed by atoms with Crippen molar-refractivity contribution >= 4 is 23.0 Å². The lowest BCUT2D eigenvalue weighted by Gasteiger charge is -2.30. The second kappa shape index (κ2) is 6.67. The van der Waals surface area contributed by atoms with E-state index in [0.29, 0.717) is 11.1 Å². The molecule has 0 atom stereocenters. The maximum atomic E-state index is 13.2. The summed E-state index contributed by atoms with van der Waals surface area (Å²) in [6.45, 7) is 0. The van der Waals surface area contributed by atoms with Crippen LogP contribution in [0.15, 0.2) is 60.7 Å². The second-order valence-electron chi connectivity index (χ2n) is 6.75. The third-order valence-electron chi connectivity index (χ3n) is 5.18. The lowest BCUT2D eigenvalue weighted by molar-refractivity contribution is -0.139. The molecule has 4 rings (SSSR count). The molecule has 1 heterocycles. The molecule has 3 nitrogen and oxygen atoms in total. The van der Waals surface area contributed by atoms with Gasteiger partial charge < -0.3 is 0 Å². The summed E-state index contributed by atoms with van der Waals surface area (Å²) < 4.78 is 0. The van der Waals surface area contributed by atoms with Crippen LogP contribution in [0.4, 0.5) is 0 Å². The Kier molecular flexibility index (Phi) is 4.22. The normalized spacial score (nSPS) is 19.0. The molecule has 2 aromatic carbocycles. The quantitative estimate of drug-likeness (QED) is 0.787. The molecule has 3 heteroatoms. The lowest BCUT2D eigenvalue weighted by Crippen LogP contribution is -2.42. The summed E-state index contributed by atoms with van der Waals surface area (Å²) in [7, 11) is 0. The largest absolute Gasteiger partial charge is 0.271 e. The van der Waals surface area contributed by atoms with Gasteiger partial charge in [0.2, 0.25) is 0 Å². The summed E-state index contributed by atoms with van der Waals surface area (Å²) in [5.41, 5.74) is 2.72. The van der Waals surface area contributed by atoms with E-state index in [-0.39, 0.29) is 17.9 Å². The van der Waals surface area contributed by atoms with Crippen molar-refractivity contribution in [3.8, 4) is 0 Å². The predicted octanol–water partition coefficient (Wildman–Crippen LogP) is 4.30. The third kappa shape index (κ3) is 2.80. The summed E-state index contributed by atoms with van der Waals surface area (Å²) in [5, 5.41) is 0. The minimum atomic E-state index is -0.137. The first kappa shape index (κ1) is 15.8. The fourth-order valence-electron chi connectivity index (χ4n) is 3.96. The van der Waals surface area contributed by atoms with Gasteiger partial charge in [-0.2, -0.15) is 0 Å². The molecule has 0 saturated heterocycles. The summed E-state index contributed by atoms with van der Waals surface area (Å²) in [6.07, 6.45) is 5.20. The van der Waals surface area contributed by atoms with Crippen LogP contribution in [-0.2, 0) is 9.59 Å². The van der Waals surface area contributed by atoms with Crippen LogP contribution in [0.25, 0.3) is 11.1 Å². The fraction of sp³-hybridized carbons (Fsp3) is 0.273. The highest BCUT2D eigenvalue weighted by Crippen LogP contribution is 2.38. The van der Waals surface area contributed by atoms with Gasteiger partial charge in [0.05, 0.1) is 11.1 Å². The van der Waals surface area contributed by atoms with Crippen molar-refractivity contribution in [3.63, 3.8) is 0 Å². The van der Waals surface area contributed by atoms with Gasteiger partial charge in [-0.3, -0.25) is 14.5 Å². The number of benzene rings is 2. The number of hydrogen-bond donors (Lipinski definition) is 0. The summed E-state index contributed by atoms with van der Waals surface area (Å²) in [5.74, 6) is -0.274. The molecule has 0 unspecified atom stereocenters. The highest BCUT2D eigenvalue weighted by atomic mass is 16.2. The monoisotopic (exact) mass is 331 g/mol. The highest BCUT2D eigenvalue weighted by Gasteiger charge is 2.43. The summed E-state index contributed by atoms with van der Waals surface area (Å²) >= 11 is 0. The van der Waals surface area contributed by atoms with E-state index in [4.69, 9.17) is 0 Å². The van der Waals surface area contributed by atoms with Gasteiger partial charge in [0.1, 0.15) is 0 Å². The van der Waals surface area contributed by atoms with Gasteiger partial charge in [-0.1, -0.05) is 79.9 Å². The molecule has 0 aromatic heterocycles. The van der Waals surface area contributed by atoms with Gasteiger partial charge in [0.15, 0.2) is 0 Å². The smallest absolute Gasteiger partial charge is 0.262 e. The van der Waals surface area contributed by atoms with Crippen LogP contribution >= 0.6 is 0 Å². The minimum Gasteiger partial charge on any atom is -0.271 e. The Labute approximate surface area is 148 Å². The van der Waals surface area contributed by atoms with E-state index in [9.17, 15) is 9.59 Å². The summed E-state index contributed by atoms with van der Waals surface area (Å²) in [4.78, 5) is 28.0. The summed E-state index contributed by atoms with van der Waals surface area (Å²) in [6, 6.07) is 19.2. The van der Waals surface area contributed by atoms with Crippen LogP contribution in [0, 0.1) is 0 Å². The SMILES string of the molecule is O=C1C(c2ccccc2)=C(c2ccccc2)C(=O)N1C1CCCCC1. The Morgan fingerprint density at radius 3 is 1.52 bits per heavy atom. The zero-order chi connectivity index (χ0) is 17.2. The average molecular weight is 331 g/mol. The number of rotatable bonds is 3. The van der Waals surface area contributed by atoms with Gasteiger partial charge in [0, 0.05) is 6.04 Å². The van der Waals surface area contributed by atoms with Gasteiger partial charge in [0.25, 0.3) is 11.8 Å². The van der Waals surface area contributed by atoms with E-state index >= 15 is 0 Å². The van der Waals surface area contributed by atoms with Crippen molar-refractivity contribution in [3.05, 3.63) is 71.8 Å². The number of amides is 2. The van der Waals surface area contributed by atoms with Crippen LogP contribution in [0.5, 0.6) is 0 Å². The predicted molar refractivity (Wildman–Crippen MR) is 98.4 cm³/mol. The molecule has 1 saturated carbocycles. The van der Waals surface area contributed by atoms with E-state index in [0.717, 1.165) is 36.8 Å². The highest BCUT2D eigenvalue weighted by molar-refractivity contribution is 6.49. The van der Waals surface area contributed by atoms with Crippen molar-refractivity contribution in [2.24, 2.45) is 0 Å². The van der Waals surface area contributed by atoms with E-state index in [2.05, 4.69) is 0 Å². The molecule has 2 aromatic rings. The molecule has 0 N–H and O–H groups in total. The average Bonchev–Trinajstić information content (AvgIpc) is 2.94. The Morgan fingerprint density at radius 2 is 1.08 bits per heavy atom. The first-order valence-corrected chi connectivity index (χ1v) is 9.00. The fourth-order valence-corrected chi connectivity index (χ4v) is 3.96. The Balaban J connectivity index is 1.83. The zero-order valence-corrected chi connectivity index (χ0v) is 14.2. The van der Waals surface area contributed by atoms with E-state index < -0.39 is 0 Å². The van der Waals surface area contributed by atoms with Gasteiger partial charge >= 0.3 is 0 Å². The van der Waals surface area contributed by atoms with Crippen LogP contribution < -0.4 is 0 Å². The van der Waals surface area contributed by atoms with Crippen molar-refractivity contribution in [1.82, 2.24) is 4.90 Å². The molecular formula is C22H21NO2. The second-order valence-corrected chi connectivity index (χ2v) is 6.75. The Bertz CT molecular complexity index is 756. The molecule has 1 aliphatic heterocycles. The number of carbonyl (C=O) groups excluding carboxylic acids is 2. The molecule has 1 aliphatic carbocycles. The molecule has 126 valence electrons. The molecule has 2 aliphatic rings. The van der Waals surface area contributed by atoms with Crippen molar-refractivity contribution in [2.75, 3.05) is 0 Å². The van der Waals surface area contributed by atoms with Crippen molar-refractivity contribution in [2.45, 2.75) is 38.1 Å².